The maximum atomic E-state index is 11.1. The molecule has 0 aliphatic carbocycles. The first-order valence-electron chi connectivity index (χ1n) is 8.29. The number of rotatable bonds is 10. The maximum Gasteiger partial charge on any atom is 0.305 e. The van der Waals surface area contributed by atoms with Crippen LogP contribution in [0.4, 0.5) is 0 Å². The summed E-state index contributed by atoms with van der Waals surface area (Å²) >= 11 is 0. The number of piperazine rings is 1. The van der Waals surface area contributed by atoms with Crippen LogP contribution in [0.5, 0.6) is 0 Å². The molecule has 0 aromatic carbocycles. The first kappa shape index (κ1) is 17.4. The molecule has 0 radical (unpaired) electrons. The highest BCUT2D eigenvalue weighted by atomic mass is 16.5. The number of esters is 1. The Kier molecular flexibility index (Phi) is 9.67. The highest BCUT2D eigenvalue weighted by molar-refractivity contribution is 5.69. The highest BCUT2D eigenvalue weighted by Crippen LogP contribution is 2.09. The van der Waals surface area contributed by atoms with Gasteiger partial charge in [0.1, 0.15) is 0 Å². The van der Waals surface area contributed by atoms with E-state index in [1.165, 1.54) is 58.4 Å². The summed E-state index contributed by atoms with van der Waals surface area (Å²) in [6, 6.07) is 0. The van der Waals surface area contributed by atoms with E-state index in [2.05, 4.69) is 16.8 Å². The standard InChI is InChI=1S/C16H32N2O2/c1-3-20-16(19)10-8-6-4-5-7-9-11-18-14-12-17(2)13-15-18/h3-15H2,1-2H3. The Morgan fingerprint density at radius 3 is 2.20 bits per heavy atom. The molecule has 0 saturated carbocycles. The molecule has 1 fully saturated rings. The maximum absolute atomic E-state index is 11.1. The lowest BCUT2D eigenvalue weighted by Gasteiger charge is -2.32. The molecule has 1 aliphatic heterocycles. The molecule has 1 saturated heterocycles. The van der Waals surface area contributed by atoms with Gasteiger partial charge in [-0.2, -0.15) is 0 Å². The zero-order valence-corrected chi connectivity index (χ0v) is 13.4. The number of unbranched alkanes of at least 4 members (excludes halogenated alkanes) is 5. The normalized spacial score (nSPS) is 17.3. The van der Waals surface area contributed by atoms with Crippen LogP contribution < -0.4 is 0 Å². The van der Waals surface area contributed by atoms with Crippen LogP contribution in [0.25, 0.3) is 0 Å². The van der Waals surface area contributed by atoms with Gasteiger partial charge in [-0.3, -0.25) is 4.79 Å². The third kappa shape index (κ3) is 8.54. The summed E-state index contributed by atoms with van der Waals surface area (Å²) in [6.45, 7) is 8.52. The van der Waals surface area contributed by atoms with Gasteiger partial charge in [0.2, 0.25) is 0 Å². The molecule has 0 spiro atoms. The van der Waals surface area contributed by atoms with Crippen LogP contribution in [0.2, 0.25) is 0 Å². The Morgan fingerprint density at radius 1 is 0.950 bits per heavy atom. The van der Waals surface area contributed by atoms with Gasteiger partial charge in [0, 0.05) is 32.6 Å². The molecule has 1 heterocycles. The van der Waals surface area contributed by atoms with Crippen molar-refractivity contribution in [2.24, 2.45) is 0 Å². The molecule has 1 rings (SSSR count). The zero-order valence-electron chi connectivity index (χ0n) is 13.4. The van der Waals surface area contributed by atoms with Gasteiger partial charge in [0.15, 0.2) is 0 Å². The Hall–Kier alpha value is -0.610. The molecule has 0 unspecified atom stereocenters. The van der Waals surface area contributed by atoms with Crippen LogP contribution in [0.3, 0.4) is 0 Å². The Bertz CT molecular complexity index is 251. The number of hydrogen-bond acceptors (Lipinski definition) is 4. The van der Waals surface area contributed by atoms with E-state index in [0.717, 1.165) is 12.8 Å². The average Bonchev–Trinajstić information content (AvgIpc) is 2.44. The number of likely N-dealkylation sites (N-methyl/N-ethyl adjacent to an activating group) is 1. The van der Waals surface area contributed by atoms with Crippen LogP contribution in [0.15, 0.2) is 0 Å². The smallest absolute Gasteiger partial charge is 0.305 e. The Labute approximate surface area is 124 Å². The second-order valence-electron chi connectivity index (χ2n) is 5.82. The van der Waals surface area contributed by atoms with Crippen molar-refractivity contribution in [3.05, 3.63) is 0 Å². The topological polar surface area (TPSA) is 32.8 Å². The van der Waals surface area contributed by atoms with E-state index in [1.54, 1.807) is 0 Å². The molecule has 0 N–H and O–H groups in total. The van der Waals surface area contributed by atoms with E-state index in [0.29, 0.717) is 13.0 Å². The molecule has 0 aromatic heterocycles. The van der Waals surface area contributed by atoms with Gasteiger partial charge in [-0.15, -0.1) is 0 Å². The SMILES string of the molecule is CCOC(=O)CCCCCCCCN1CCN(C)CC1. The first-order chi connectivity index (χ1) is 9.72. The van der Waals surface area contributed by atoms with Gasteiger partial charge in [0.05, 0.1) is 6.61 Å². The number of carbonyl (C=O) groups excluding carboxylic acids is 1. The van der Waals surface area contributed by atoms with Crippen LogP contribution in [-0.2, 0) is 9.53 Å². The van der Waals surface area contributed by atoms with Crippen LogP contribution in [-0.4, -0.2) is 62.1 Å². The van der Waals surface area contributed by atoms with E-state index in [-0.39, 0.29) is 5.97 Å². The van der Waals surface area contributed by atoms with Gasteiger partial charge < -0.3 is 14.5 Å². The Morgan fingerprint density at radius 2 is 1.55 bits per heavy atom. The lowest BCUT2D eigenvalue weighted by Crippen LogP contribution is -2.44. The van der Waals surface area contributed by atoms with Crippen molar-refractivity contribution < 1.29 is 9.53 Å². The predicted molar refractivity (Wildman–Crippen MR) is 82.9 cm³/mol. The van der Waals surface area contributed by atoms with Crippen molar-refractivity contribution >= 4 is 5.97 Å². The molecule has 0 atom stereocenters. The summed E-state index contributed by atoms with van der Waals surface area (Å²) in [4.78, 5) is 16.1. The molecule has 0 aromatic rings. The van der Waals surface area contributed by atoms with E-state index in [9.17, 15) is 4.79 Å². The van der Waals surface area contributed by atoms with Gasteiger partial charge in [-0.05, 0) is 33.4 Å². The molecule has 20 heavy (non-hydrogen) atoms. The summed E-state index contributed by atoms with van der Waals surface area (Å²) in [5, 5.41) is 0. The third-order valence-corrected chi connectivity index (χ3v) is 4.01. The fourth-order valence-electron chi connectivity index (χ4n) is 2.62. The van der Waals surface area contributed by atoms with E-state index in [4.69, 9.17) is 4.74 Å². The number of nitrogens with zero attached hydrogens (tertiary/aromatic N) is 2. The molecule has 0 bridgehead atoms. The molecular weight excluding hydrogens is 252 g/mol. The van der Waals surface area contributed by atoms with E-state index >= 15 is 0 Å². The lowest BCUT2D eigenvalue weighted by molar-refractivity contribution is -0.143. The summed E-state index contributed by atoms with van der Waals surface area (Å²) in [6.07, 6.45) is 7.94. The molecular formula is C16H32N2O2. The second-order valence-corrected chi connectivity index (χ2v) is 5.82. The van der Waals surface area contributed by atoms with Crippen molar-refractivity contribution in [3.63, 3.8) is 0 Å². The number of ether oxygens (including phenoxy) is 1. The van der Waals surface area contributed by atoms with Crippen LogP contribution >= 0.6 is 0 Å². The molecule has 4 nitrogen and oxygen atoms in total. The Balaban J connectivity index is 1.82. The van der Waals surface area contributed by atoms with Crippen molar-refractivity contribution in [2.75, 3.05) is 46.4 Å². The monoisotopic (exact) mass is 284 g/mol. The molecule has 1 aliphatic rings. The fraction of sp³-hybridized carbons (Fsp3) is 0.938. The minimum Gasteiger partial charge on any atom is -0.466 e. The largest absolute Gasteiger partial charge is 0.466 e. The highest BCUT2D eigenvalue weighted by Gasteiger charge is 2.12. The van der Waals surface area contributed by atoms with Crippen molar-refractivity contribution in [1.29, 1.82) is 0 Å². The zero-order chi connectivity index (χ0) is 14.6. The number of hydrogen-bond donors (Lipinski definition) is 0. The fourth-order valence-corrected chi connectivity index (χ4v) is 2.62. The van der Waals surface area contributed by atoms with Gasteiger partial charge in [0.25, 0.3) is 0 Å². The van der Waals surface area contributed by atoms with E-state index < -0.39 is 0 Å². The summed E-state index contributed by atoms with van der Waals surface area (Å²) < 4.78 is 4.91. The van der Waals surface area contributed by atoms with Crippen LogP contribution in [0.1, 0.15) is 51.9 Å². The quantitative estimate of drug-likeness (QED) is 0.456. The molecule has 118 valence electrons. The van der Waals surface area contributed by atoms with Gasteiger partial charge in [-0.25, -0.2) is 0 Å². The van der Waals surface area contributed by atoms with Gasteiger partial charge >= 0.3 is 5.97 Å². The number of carbonyl (C=O) groups is 1. The summed E-state index contributed by atoms with van der Waals surface area (Å²) in [5.74, 6) is -0.0393. The third-order valence-electron chi connectivity index (χ3n) is 4.01. The summed E-state index contributed by atoms with van der Waals surface area (Å²) in [5.41, 5.74) is 0. The minimum absolute atomic E-state index is 0.0393. The second kappa shape index (κ2) is 11.1. The van der Waals surface area contributed by atoms with Gasteiger partial charge in [-0.1, -0.05) is 25.7 Å². The van der Waals surface area contributed by atoms with Crippen molar-refractivity contribution in [2.45, 2.75) is 51.9 Å². The predicted octanol–water partition coefficient (Wildman–Crippen LogP) is 2.53. The van der Waals surface area contributed by atoms with Crippen molar-refractivity contribution in [1.82, 2.24) is 9.80 Å². The lowest BCUT2D eigenvalue weighted by atomic mass is 10.1. The minimum atomic E-state index is -0.0393. The van der Waals surface area contributed by atoms with E-state index in [1.807, 2.05) is 6.92 Å². The first-order valence-corrected chi connectivity index (χ1v) is 8.29. The van der Waals surface area contributed by atoms with Crippen LogP contribution in [0, 0.1) is 0 Å². The molecule has 4 heteroatoms. The molecule has 0 amide bonds. The van der Waals surface area contributed by atoms with Crippen molar-refractivity contribution in [3.8, 4) is 0 Å². The summed E-state index contributed by atoms with van der Waals surface area (Å²) in [7, 11) is 2.20. The average molecular weight is 284 g/mol.